The van der Waals surface area contributed by atoms with Crippen LogP contribution in [0.1, 0.15) is 25.7 Å². The summed E-state index contributed by atoms with van der Waals surface area (Å²) < 4.78 is 6.89. The van der Waals surface area contributed by atoms with Crippen LogP contribution in [0.3, 0.4) is 0 Å². The van der Waals surface area contributed by atoms with Crippen LogP contribution in [0.5, 0.6) is 5.88 Å². The summed E-state index contributed by atoms with van der Waals surface area (Å²) in [6.45, 7) is 4.82. The highest BCUT2D eigenvalue weighted by Gasteiger charge is 2.12. The number of ether oxygens (including phenoxy) is 1. The van der Waals surface area contributed by atoms with Crippen molar-refractivity contribution in [1.82, 2.24) is 24.7 Å². The van der Waals surface area contributed by atoms with Gasteiger partial charge in [-0.05, 0) is 13.8 Å². The number of nitrogens with zero attached hydrogens (tertiary/aromatic N) is 5. The second-order valence-corrected chi connectivity index (χ2v) is 3.75. The second kappa shape index (κ2) is 5.44. The van der Waals surface area contributed by atoms with E-state index in [1.807, 2.05) is 18.5 Å². The normalized spacial score (nSPS) is 12.2. The Morgan fingerprint density at radius 1 is 1.33 bits per heavy atom. The van der Waals surface area contributed by atoms with Gasteiger partial charge in [-0.2, -0.15) is 5.10 Å². The van der Waals surface area contributed by atoms with E-state index >= 15 is 0 Å². The van der Waals surface area contributed by atoms with Gasteiger partial charge in [-0.1, -0.05) is 0 Å². The summed E-state index contributed by atoms with van der Waals surface area (Å²) in [7, 11) is 1.57. The highest BCUT2D eigenvalue weighted by molar-refractivity contribution is 5.38. The molecule has 0 aliphatic heterocycles. The maximum Gasteiger partial charge on any atom is 0.218 e. The van der Waals surface area contributed by atoms with Crippen LogP contribution in [-0.4, -0.2) is 31.8 Å². The molecule has 2 aromatic rings. The molecule has 0 bridgehead atoms. The maximum atomic E-state index is 5.05. The Kier molecular flexibility index (Phi) is 3.71. The molecule has 2 aromatic heterocycles. The molecule has 0 saturated heterocycles. The number of aromatic nitrogens is 5. The third-order valence-corrected chi connectivity index (χ3v) is 2.55. The standard InChI is InChI=1S/C11H16N6O/c1-4-17-11(14-7-15-17)8(2)16-9-5-10(18-3)13-6-12-9/h5-8H,4H2,1-3H3,(H,12,13,16)/t8-/m1/s1. The van der Waals surface area contributed by atoms with Crippen molar-refractivity contribution in [3.63, 3.8) is 0 Å². The molecular weight excluding hydrogens is 232 g/mol. The van der Waals surface area contributed by atoms with E-state index < -0.39 is 0 Å². The van der Waals surface area contributed by atoms with E-state index in [0.29, 0.717) is 11.7 Å². The molecule has 0 aliphatic carbocycles. The van der Waals surface area contributed by atoms with Crippen LogP contribution in [0.2, 0.25) is 0 Å². The largest absolute Gasteiger partial charge is 0.481 e. The van der Waals surface area contributed by atoms with Gasteiger partial charge in [0.15, 0.2) is 0 Å². The fourth-order valence-electron chi connectivity index (χ4n) is 1.67. The van der Waals surface area contributed by atoms with Gasteiger partial charge in [-0.3, -0.25) is 0 Å². The van der Waals surface area contributed by atoms with Crippen LogP contribution in [0.15, 0.2) is 18.7 Å². The lowest BCUT2D eigenvalue weighted by Crippen LogP contribution is -2.15. The molecule has 0 radical (unpaired) electrons. The topological polar surface area (TPSA) is 77.8 Å². The minimum atomic E-state index is 0.00653. The Bertz CT molecular complexity index is 512. The van der Waals surface area contributed by atoms with Gasteiger partial charge in [0.05, 0.1) is 13.2 Å². The van der Waals surface area contributed by atoms with Gasteiger partial charge in [0.2, 0.25) is 5.88 Å². The SMILES string of the molecule is CCn1ncnc1[C@@H](C)Nc1cc(OC)ncn1. The predicted molar refractivity (Wildman–Crippen MR) is 66.3 cm³/mol. The number of rotatable bonds is 5. The Hall–Kier alpha value is -2.18. The Balaban J connectivity index is 2.13. The summed E-state index contributed by atoms with van der Waals surface area (Å²) in [5.41, 5.74) is 0. The number of hydrogen-bond donors (Lipinski definition) is 1. The lowest BCUT2D eigenvalue weighted by molar-refractivity contribution is 0.397. The number of methoxy groups -OCH3 is 1. The van der Waals surface area contributed by atoms with E-state index in [2.05, 4.69) is 25.4 Å². The molecule has 7 nitrogen and oxygen atoms in total. The number of nitrogens with one attached hydrogen (secondary N) is 1. The van der Waals surface area contributed by atoms with E-state index in [-0.39, 0.29) is 6.04 Å². The number of anilines is 1. The van der Waals surface area contributed by atoms with Crippen LogP contribution < -0.4 is 10.1 Å². The summed E-state index contributed by atoms with van der Waals surface area (Å²) in [6, 6.07) is 1.75. The first-order chi connectivity index (χ1) is 8.74. The molecule has 0 saturated carbocycles. The highest BCUT2D eigenvalue weighted by atomic mass is 16.5. The van der Waals surface area contributed by atoms with Crippen molar-refractivity contribution in [3.05, 3.63) is 24.5 Å². The van der Waals surface area contributed by atoms with Crippen LogP contribution in [0.4, 0.5) is 5.82 Å². The molecule has 96 valence electrons. The smallest absolute Gasteiger partial charge is 0.218 e. The zero-order valence-corrected chi connectivity index (χ0v) is 10.7. The maximum absolute atomic E-state index is 5.05. The third-order valence-electron chi connectivity index (χ3n) is 2.55. The molecule has 1 atom stereocenters. The summed E-state index contributed by atoms with van der Waals surface area (Å²) in [4.78, 5) is 12.3. The van der Waals surface area contributed by atoms with Crippen molar-refractivity contribution in [3.8, 4) is 5.88 Å². The van der Waals surface area contributed by atoms with Crippen molar-refractivity contribution in [2.24, 2.45) is 0 Å². The van der Waals surface area contributed by atoms with Gasteiger partial charge in [0.1, 0.15) is 24.3 Å². The fraction of sp³-hybridized carbons (Fsp3) is 0.455. The Morgan fingerprint density at radius 2 is 2.17 bits per heavy atom. The first-order valence-electron chi connectivity index (χ1n) is 5.74. The molecule has 0 aliphatic rings. The Morgan fingerprint density at radius 3 is 2.89 bits per heavy atom. The summed E-state index contributed by atoms with van der Waals surface area (Å²) in [5, 5.41) is 7.38. The Labute approximate surface area is 105 Å². The van der Waals surface area contributed by atoms with Crippen molar-refractivity contribution >= 4 is 5.82 Å². The summed E-state index contributed by atoms with van der Waals surface area (Å²) >= 11 is 0. The molecule has 0 fully saturated rings. The minimum Gasteiger partial charge on any atom is -0.481 e. The van der Waals surface area contributed by atoms with Crippen LogP contribution in [0, 0.1) is 0 Å². The first-order valence-corrected chi connectivity index (χ1v) is 5.74. The molecule has 0 aromatic carbocycles. The molecule has 0 spiro atoms. The average molecular weight is 248 g/mol. The summed E-state index contributed by atoms with van der Waals surface area (Å²) in [5.74, 6) is 2.09. The lowest BCUT2D eigenvalue weighted by atomic mass is 10.3. The van der Waals surface area contributed by atoms with Gasteiger partial charge < -0.3 is 10.1 Å². The predicted octanol–water partition coefficient (Wildman–Crippen LogP) is 1.27. The molecule has 1 N–H and O–H groups in total. The number of hydrogen-bond acceptors (Lipinski definition) is 6. The van der Waals surface area contributed by atoms with Crippen LogP contribution >= 0.6 is 0 Å². The van der Waals surface area contributed by atoms with Gasteiger partial charge in [0, 0.05) is 12.6 Å². The molecule has 2 rings (SSSR count). The van der Waals surface area contributed by atoms with E-state index in [4.69, 9.17) is 4.74 Å². The van der Waals surface area contributed by atoms with Crippen LogP contribution in [-0.2, 0) is 6.54 Å². The monoisotopic (exact) mass is 248 g/mol. The van der Waals surface area contributed by atoms with Crippen molar-refractivity contribution < 1.29 is 4.74 Å². The van der Waals surface area contributed by atoms with Crippen molar-refractivity contribution in [2.75, 3.05) is 12.4 Å². The molecule has 0 unspecified atom stereocenters. The van der Waals surface area contributed by atoms with E-state index in [9.17, 15) is 0 Å². The van der Waals surface area contributed by atoms with E-state index in [1.165, 1.54) is 6.33 Å². The summed E-state index contributed by atoms with van der Waals surface area (Å²) in [6.07, 6.45) is 3.01. The zero-order valence-electron chi connectivity index (χ0n) is 10.7. The zero-order chi connectivity index (χ0) is 13.0. The van der Waals surface area contributed by atoms with Crippen molar-refractivity contribution in [2.45, 2.75) is 26.4 Å². The second-order valence-electron chi connectivity index (χ2n) is 3.75. The van der Waals surface area contributed by atoms with E-state index in [0.717, 1.165) is 12.4 Å². The van der Waals surface area contributed by atoms with Gasteiger partial charge >= 0.3 is 0 Å². The van der Waals surface area contributed by atoms with Gasteiger partial charge in [0.25, 0.3) is 0 Å². The lowest BCUT2D eigenvalue weighted by Gasteiger charge is -2.14. The average Bonchev–Trinajstić information content (AvgIpc) is 2.87. The molecule has 7 heteroatoms. The molecular formula is C11H16N6O. The number of aryl methyl sites for hydroxylation is 1. The fourth-order valence-corrected chi connectivity index (χ4v) is 1.67. The highest BCUT2D eigenvalue weighted by Crippen LogP contribution is 2.17. The quantitative estimate of drug-likeness (QED) is 0.858. The van der Waals surface area contributed by atoms with Crippen LogP contribution in [0.25, 0.3) is 0 Å². The molecule has 18 heavy (non-hydrogen) atoms. The van der Waals surface area contributed by atoms with Crippen molar-refractivity contribution in [1.29, 1.82) is 0 Å². The van der Waals surface area contributed by atoms with Gasteiger partial charge in [-0.25, -0.2) is 19.6 Å². The van der Waals surface area contributed by atoms with Gasteiger partial charge in [-0.15, -0.1) is 0 Å². The first kappa shape index (κ1) is 12.3. The van der Waals surface area contributed by atoms with E-state index in [1.54, 1.807) is 19.5 Å². The molecule has 0 amide bonds. The molecule has 2 heterocycles. The third kappa shape index (κ3) is 2.55. The minimum absolute atomic E-state index is 0.00653.